The first kappa shape index (κ1) is 15.0. The summed E-state index contributed by atoms with van der Waals surface area (Å²) in [6.45, 7) is 1.85. The molecule has 23 heavy (non-hydrogen) atoms. The third kappa shape index (κ3) is 3.63. The number of hydrogen-bond donors (Lipinski definition) is 1. The molecule has 0 bridgehead atoms. The van der Waals surface area contributed by atoms with E-state index in [0.29, 0.717) is 0 Å². The second-order valence-electron chi connectivity index (χ2n) is 5.34. The Hall–Kier alpha value is -2.95. The summed E-state index contributed by atoms with van der Waals surface area (Å²) in [5.74, 6) is -0.717. The second kappa shape index (κ2) is 6.44. The number of halogens is 1. The number of hydrogen-bond acceptors (Lipinski definition) is 2. The maximum Gasteiger partial charge on any atom is 0.228 e. The van der Waals surface area contributed by atoms with Crippen molar-refractivity contribution >= 4 is 11.6 Å². The molecule has 0 fully saturated rings. The number of amides is 1. The topological polar surface area (TPSA) is 46.9 Å². The van der Waals surface area contributed by atoms with Gasteiger partial charge in [0.25, 0.3) is 0 Å². The van der Waals surface area contributed by atoms with Gasteiger partial charge in [0.1, 0.15) is 5.82 Å². The molecule has 0 unspecified atom stereocenters. The number of carbonyl (C=O) groups is 1. The number of rotatable bonds is 4. The van der Waals surface area contributed by atoms with E-state index in [0.717, 1.165) is 16.8 Å². The van der Waals surface area contributed by atoms with Gasteiger partial charge in [-0.1, -0.05) is 24.3 Å². The van der Waals surface area contributed by atoms with Gasteiger partial charge in [-0.05, 0) is 42.3 Å². The van der Waals surface area contributed by atoms with Gasteiger partial charge in [0.15, 0.2) is 0 Å². The molecule has 0 saturated heterocycles. The molecule has 1 aromatic heterocycles. The van der Waals surface area contributed by atoms with Crippen LogP contribution in [0.15, 0.2) is 60.9 Å². The lowest BCUT2D eigenvalue weighted by Gasteiger charge is -2.06. The first-order valence-corrected chi connectivity index (χ1v) is 7.27. The molecule has 4 nitrogen and oxygen atoms in total. The monoisotopic (exact) mass is 309 g/mol. The summed E-state index contributed by atoms with van der Waals surface area (Å²) in [6.07, 6.45) is 3.57. The highest BCUT2D eigenvalue weighted by molar-refractivity contribution is 5.92. The van der Waals surface area contributed by atoms with Gasteiger partial charge in [0, 0.05) is 6.20 Å². The molecule has 1 heterocycles. The van der Waals surface area contributed by atoms with Gasteiger partial charge in [-0.15, -0.1) is 0 Å². The highest BCUT2D eigenvalue weighted by atomic mass is 19.1. The molecule has 2 aromatic carbocycles. The molecular weight excluding hydrogens is 293 g/mol. The highest BCUT2D eigenvalue weighted by Gasteiger charge is 2.10. The lowest BCUT2D eigenvalue weighted by Crippen LogP contribution is -2.15. The number of benzene rings is 2. The summed E-state index contributed by atoms with van der Waals surface area (Å²) in [6, 6.07) is 14.2. The van der Waals surface area contributed by atoms with E-state index in [9.17, 15) is 9.18 Å². The van der Waals surface area contributed by atoms with Crippen LogP contribution in [0.4, 0.5) is 10.1 Å². The van der Waals surface area contributed by atoms with Crippen molar-refractivity contribution in [1.29, 1.82) is 0 Å². The molecule has 0 saturated carbocycles. The Bertz CT molecular complexity index is 827. The van der Waals surface area contributed by atoms with Crippen molar-refractivity contribution in [3.8, 4) is 5.69 Å². The smallest absolute Gasteiger partial charge is 0.228 e. The van der Waals surface area contributed by atoms with Crippen LogP contribution >= 0.6 is 0 Å². The molecule has 0 radical (unpaired) electrons. The van der Waals surface area contributed by atoms with Crippen molar-refractivity contribution in [2.24, 2.45) is 0 Å². The minimum Gasteiger partial charge on any atom is -0.323 e. The zero-order chi connectivity index (χ0) is 16.2. The molecule has 0 spiro atoms. The fourth-order valence-electron chi connectivity index (χ4n) is 2.29. The molecule has 3 rings (SSSR count). The zero-order valence-corrected chi connectivity index (χ0v) is 12.7. The van der Waals surface area contributed by atoms with Crippen molar-refractivity contribution in [1.82, 2.24) is 9.78 Å². The average Bonchev–Trinajstić information content (AvgIpc) is 3.00. The van der Waals surface area contributed by atoms with E-state index >= 15 is 0 Å². The van der Waals surface area contributed by atoms with Gasteiger partial charge in [0.05, 0.1) is 24.0 Å². The normalized spacial score (nSPS) is 10.5. The van der Waals surface area contributed by atoms with Crippen molar-refractivity contribution < 1.29 is 9.18 Å². The summed E-state index contributed by atoms with van der Waals surface area (Å²) in [7, 11) is 0. The van der Waals surface area contributed by atoms with Gasteiger partial charge >= 0.3 is 0 Å². The van der Waals surface area contributed by atoms with Crippen LogP contribution in [0.2, 0.25) is 0 Å². The van der Waals surface area contributed by atoms with Gasteiger partial charge in [-0.3, -0.25) is 4.79 Å². The van der Waals surface area contributed by atoms with Crippen LogP contribution in [0.25, 0.3) is 5.69 Å². The molecule has 5 heteroatoms. The van der Waals surface area contributed by atoms with E-state index in [-0.39, 0.29) is 18.0 Å². The van der Waals surface area contributed by atoms with Crippen molar-refractivity contribution in [2.45, 2.75) is 13.3 Å². The Balaban J connectivity index is 1.69. The summed E-state index contributed by atoms with van der Waals surface area (Å²) in [5.41, 5.74) is 2.77. The van der Waals surface area contributed by atoms with E-state index in [1.807, 2.05) is 37.3 Å². The van der Waals surface area contributed by atoms with Crippen LogP contribution < -0.4 is 5.32 Å². The third-order valence-electron chi connectivity index (χ3n) is 3.42. The van der Waals surface area contributed by atoms with Gasteiger partial charge < -0.3 is 5.32 Å². The standard InChI is InChI=1S/C18H16FN3O/c1-13-7-8-16(19)17(9-13)21-18(23)10-14-11-20-22(12-14)15-5-3-2-4-6-15/h2-9,11-12H,10H2,1H3,(H,21,23). The Morgan fingerprint density at radius 1 is 1.22 bits per heavy atom. The quantitative estimate of drug-likeness (QED) is 0.802. The Morgan fingerprint density at radius 2 is 2.00 bits per heavy atom. The largest absolute Gasteiger partial charge is 0.323 e. The number of nitrogens with zero attached hydrogens (tertiary/aromatic N) is 2. The zero-order valence-electron chi connectivity index (χ0n) is 12.7. The molecule has 0 aliphatic heterocycles. The summed E-state index contributed by atoms with van der Waals surface area (Å²) < 4.78 is 15.4. The molecule has 1 amide bonds. The van der Waals surface area contributed by atoms with Crippen LogP contribution in [0, 0.1) is 12.7 Å². The van der Waals surface area contributed by atoms with Crippen molar-refractivity contribution in [3.05, 3.63) is 77.9 Å². The second-order valence-corrected chi connectivity index (χ2v) is 5.34. The van der Waals surface area contributed by atoms with Crippen LogP contribution in [0.5, 0.6) is 0 Å². The number of nitrogens with one attached hydrogen (secondary N) is 1. The van der Waals surface area contributed by atoms with Crippen LogP contribution in [0.3, 0.4) is 0 Å². The maximum absolute atomic E-state index is 13.7. The van der Waals surface area contributed by atoms with Gasteiger partial charge in [0.2, 0.25) is 5.91 Å². The lowest BCUT2D eigenvalue weighted by molar-refractivity contribution is -0.115. The minimum absolute atomic E-state index is 0.139. The number of aromatic nitrogens is 2. The first-order valence-electron chi connectivity index (χ1n) is 7.27. The number of carbonyl (C=O) groups excluding carboxylic acids is 1. The maximum atomic E-state index is 13.7. The SMILES string of the molecule is Cc1ccc(F)c(NC(=O)Cc2cnn(-c3ccccc3)c2)c1. The Morgan fingerprint density at radius 3 is 2.78 bits per heavy atom. The summed E-state index contributed by atoms with van der Waals surface area (Å²) in [5, 5.41) is 6.84. The lowest BCUT2D eigenvalue weighted by atomic mass is 10.2. The Labute approximate surface area is 133 Å². The van der Waals surface area contributed by atoms with Gasteiger partial charge in [-0.25, -0.2) is 9.07 Å². The number of para-hydroxylation sites is 1. The molecule has 1 N–H and O–H groups in total. The average molecular weight is 309 g/mol. The molecule has 0 atom stereocenters. The number of aryl methyl sites for hydroxylation is 1. The van der Waals surface area contributed by atoms with Gasteiger partial charge in [-0.2, -0.15) is 5.10 Å². The molecule has 0 aliphatic rings. The first-order chi connectivity index (χ1) is 11.1. The summed E-state index contributed by atoms with van der Waals surface area (Å²) in [4.78, 5) is 12.1. The van der Waals surface area contributed by atoms with Crippen LogP contribution in [-0.4, -0.2) is 15.7 Å². The van der Waals surface area contributed by atoms with Crippen molar-refractivity contribution in [2.75, 3.05) is 5.32 Å². The fourth-order valence-corrected chi connectivity index (χ4v) is 2.29. The predicted octanol–water partition coefficient (Wildman–Crippen LogP) is 3.50. The van der Waals surface area contributed by atoms with E-state index < -0.39 is 5.82 Å². The number of anilines is 1. The molecular formula is C18H16FN3O. The van der Waals surface area contributed by atoms with E-state index in [2.05, 4.69) is 10.4 Å². The fraction of sp³-hybridized carbons (Fsp3) is 0.111. The van der Waals surface area contributed by atoms with Crippen molar-refractivity contribution in [3.63, 3.8) is 0 Å². The Kier molecular flexibility index (Phi) is 4.19. The highest BCUT2D eigenvalue weighted by Crippen LogP contribution is 2.16. The molecule has 3 aromatic rings. The van der Waals surface area contributed by atoms with E-state index in [4.69, 9.17) is 0 Å². The molecule has 0 aliphatic carbocycles. The third-order valence-corrected chi connectivity index (χ3v) is 3.42. The van der Waals surface area contributed by atoms with E-state index in [1.165, 1.54) is 6.07 Å². The summed E-state index contributed by atoms with van der Waals surface area (Å²) >= 11 is 0. The van der Waals surface area contributed by atoms with E-state index in [1.54, 1.807) is 29.2 Å². The minimum atomic E-state index is -0.441. The predicted molar refractivity (Wildman–Crippen MR) is 87.0 cm³/mol. The molecule has 116 valence electrons. The van der Waals surface area contributed by atoms with Crippen LogP contribution in [0.1, 0.15) is 11.1 Å². The van der Waals surface area contributed by atoms with Crippen LogP contribution in [-0.2, 0) is 11.2 Å².